The van der Waals surface area contributed by atoms with E-state index in [1.807, 2.05) is 48.1 Å². The van der Waals surface area contributed by atoms with Gasteiger partial charge in [-0.2, -0.15) is 0 Å². The molecule has 0 bridgehead atoms. The van der Waals surface area contributed by atoms with Crippen LogP contribution in [0.15, 0.2) is 65.5 Å². The lowest BCUT2D eigenvalue weighted by atomic mass is 9.84. The van der Waals surface area contributed by atoms with E-state index < -0.39 is 5.54 Å². The van der Waals surface area contributed by atoms with Crippen LogP contribution in [0.2, 0.25) is 0 Å². The first-order valence-electron chi connectivity index (χ1n) is 10.9. The molecule has 2 aliphatic heterocycles. The number of halogens is 1. The average Bonchev–Trinajstić information content (AvgIpc) is 3.26. The van der Waals surface area contributed by atoms with Crippen molar-refractivity contribution in [3.8, 4) is 0 Å². The van der Waals surface area contributed by atoms with Crippen molar-refractivity contribution in [3.05, 3.63) is 85.8 Å². The van der Waals surface area contributed by atoms with Gasteiger partial charge in [-0.05, 0) is 53.1 Å². The molecule has 0 aliphatic carbocycles. The lowest BCUT2D eigenvalue weighted by Gasteiger charge is -2.45. The Bertz CT molecular complexity index is 1170. The van der Waals surface area contributed by atoms with Crippen LogP contribution in [-0.2, 0) is 11.8 Å². The van der Waals surface area contributed by atoms with Crippen LogP contribution < -0.4 is 15.8 Å². The molecule has 2 aromatic carbocycles. The number of hydrogen-bond donors (Lipinski definition) is 2. The van der Waals surface area contributed by atoms with Gasteiger partial charge in [0, 0.05) is 25.8 Å². The van der Waals surface area contributed by atoms with Crippen LogP contribution in [0, 0.1) is 3.57 Å². The number of aromatic nitrogens is 2. The van der Waals surface area contributed by atoms with Gasteiger partial charge in [0.05, 0.1) is 18.4 Å². The first-order valence-corrected chi connectivity index (χ1v) is 11.9. The fourth-order valence-corrected chi connectivity index (χ4v) is 5.97. The number of amides is 1. The van der Waals surface area contributed by atoms with Crippen molar-refractivity contribution in [1.29, 1.82) is 0 Å². The number of anilines is 1. The molecular weight excluding hydrogens is 517 g/mol. The van der Waals surface area contributed by atoms with Crippen LogP contribution in [0.5, 0.6) is 0 Å². The lowest BCUT2D eigenvalue weighted by molar-refractivity contribution is -0.125. The number of hydrogen-bond acceptors (Lipinski definition) is 4. The number of piperidine rings is 1. The summed E-state index contributed by atoms with van der Waals surface area (Å²) in [5.74, 6) is 0.112. The summed E-state index contributed by atoms with van der Waals surface area (Å²) in [7, 11) is 1.89. The van der Waals surface area contributed by atoms with Gasteiger partial charge < -0.3 is 10.2 Å². The van der Waals surface area contributed by atoms with Crippen molar-refractivity contribution in [1.82, 2.24) is 20.0 Å². The molecule has 166 valence electrons. The highest BCUT2D eigenvalue weighted by molar-refractivity contribution is 14.1. The van der Waals surface area contributed by atoms with Gasteiger partial charge in [0.25, 0.3) is 5.56 Å². The second-order valence-electron chi connectivity index (χ2n) is 8.51. The van der Waals surface area contributed by atoms with E-state index in [1.54, 1.807) is 0 Å². The van der Waals surface area contributed by atoms with Gasteiger partial charge in [0.2, 0.25) is 5.91 Å². The zero-order valence-corrected chi connectivity index (χ0v) is 20.1. The van der Waals surface area contributed by atoms with Crippen LogP contribution in [0.4, 0.5) is 5.69 Å². The molecule has 2 saturated heterocycles. The number of carbonyl (C=O) groups excluding carboxylic acids is 1. The topological polar surface area (TPSA) is 73.4 Å². The third kappa shape index (κ3) is 3.45. The number of benzene rings is 2. The normalized spacial score (nSPS) is 19.3. The maximum atomic E-state index is 13.0. The Balaban J connectivity index is 1.48. The molecule has 2 fully saturated rings. The molecule has 1 amide bonds. The maximum absolute atomic E-state index is 13.0. The fourth-order valence-electron chi connectivity index (χ4n) is 5.19. The van der Waals surface area contributed by atoms with Crippen molar-refractivity contribution in [2.75, 3.05) is 24.7 Å². The molecular formula is C24H26IN5O2. The SMILES string of the molecule is Cn1[nH]c(=O)c(I)c1C(c1ccccc1)N1CCC2(CC1)C(=O)NCN2c1ccccc1. The minimum atomic E-state index is -0.531. The van der Waals surface area contributed by atoms with Gasteiger partial charge in [-0.1, -0.05) is 48.5 Å². The van der Waals surface area contributed by atoms with Gasteiger partial charge in [0.1, 0.15) is 9.11 Å². The molecule has 7 nitrogen and oxygen atoms in total. The molecule has 3 aromatic rings. The Hall–Kier alpha value is -2.59. The predicted octanol–water partition coefficient (Wildman–Crippen LogP) is 2.84. The molecule has 2 aliphatic rings. The number of aryl methyl sites for hydroxylation is 1. The summed E-state index contributed by atoms with van der Waals surface area (Å²) in [5.41, 5.74) is 2.58. The summed E-state index contributed by atoms with van der Waals surface area (Å²) in [4.78, 5) is 30.0. The lowest BCUT2D eigenvalue weighted by Crippen LogP contribution is -2.57. The van der Waals surface area contributed by atoms with E-state index in [0.717, 1.165) is 42.9 Å². The van der Waals surface area contributed by atoms with Crippen molar-refractivity contribution in [3.63, 3.8) is 0 Å². The van der Waals surface area contributed by atoms with Crippen molar-refractivity contribution >= 4 is 34.2 Å². The minimum absolute atomic E-state index is 0.0564. The molecule has 1 spiro atoms. The zero-order chi connectivity index (χ0) is 22.3. The Morgan fingerprint density at radius 1 is 0.969 bits per heavy atom. The van der Waals surface area contributed by atoms with E-state index >= 15 is 0 Å². The summed E-state index contributed by atoms with van der Waals surface area (Å²) in [5, 5.41) is 5.98. The molecule has 8 heteroatoms. The smallest absolute Gasteiger partial charge is 0.277 e. The average molecular weight is 543 g/mol. The predicted molar refractivity (Wildman–Crippen MR) is 133 cm³/mol. The van der Waals surface area contributed by atoms with Crippen LogP contribution in [0.3, 0.4) is 0 Å². The first kappa shape index (κ1) is 21.3. The van der Waals surface area contributed by atoms with Crippen molar-refractivity contribution in [2.45, 2.75) is 24.4 Å². The molecule has 2 N–H and O–H groups in total. The van der Waals surface area contributed by atoms with E-state index in [0.29, 0.717) is 10.2 Å². The van der Waals surface area contributed by atoms with Crippen LogP contribution in [0.25, 0.3) is 0 Å². The van der Waals surface area contributed by atoms with Gasteiger partial charge in [-0.15, -0.1) is 0 Å². The molecule has 1 atom stereocenters. The summed E-state index contributed by atoms with van der Waals surface area (Å²) < 4.78 is 2.55. The van der Waals surface area contributed by atoms with E-state index in [9.17, 15) is 9.59 Å². The van der Waals surface area contributed by atoms with Crippen LogP contribution >= 0.6 is 22.6 Å². The minimum Gasteiger partial charge on any atom is -0.339 e. The van der Waals surface area contributed by atoms with E-state index in [-0.39, 0.29) is 17.5 Å². The maximum Gasteiger partial charge on any atom is 0.277 e. The van der Waals surface area contributed by atoms with E-state index in [1.165, 1.54) is 0 Å². The van der Waals surface area contributed by atoms with Crippen LogP contribution in [0.1, 0.15) is 30.1 Å². The second kappa shape index (κ2) is 8.40. The monoisotopic (exact) mass is 543 g/mol. The van der Waals surface area contributed by atoms with Gasteiger partial charge >= 0.3 is 0 Å². The molecule has 0 saturated carbocycles. The Labute approximate surface area is 200 Å². The quantitative estimate of drug-likeness (QED) is 0.497. The molecule has 5 rings (SSSR count). The highest BCUT2D eigenvalue weighted by atomic mass is 127. The number of nitrogens with zero attached hydrogens (tertiary/aromatic N) is 3. The largest absolute Gasteiger partial charge is 0.339 e. The summed E-state index contributed by atoms with van der Waals surface area (Å²) in [6.07, 6.45) is 1.46. The number of nitrogens with one attached hydrogen (secondary N) is 2. The number of H-pyrrole nitrogens is 1. The second-order valence-corrected chi connectivity index (χ2v) is 9.59. The van der Waals surface area contributed by atoms with E-state index in [4.69, 9.17) is 0 Å². The Morgan fingerprint density at radius 2 is 1.59 bits per heavy atom. The third-order valence-corrected chi connectivity index (χ3v) is 7.87. The van der Waals surface area contributed by atoms with Gasteiger partial charge in [0.15, 0.2) is 0 Å². The Morgan fingerprint density at radius 3 is 2.19 bits per heavy atom. The summed E-state index contributed by atoms with van der Waals surface area (Å²) in [6, 6.07) is 20.4. The highest BCUT2D eigenvalue weighted by Crippen LogP contribution is 2.40. The number of aromatic amines is 1. The van der Waals surface area contributed by atoms with Crippen molar-refractivity contribution < 1.29 is 4.79 Å². The Kier molecular flexibility index (Phi) is 5.58. The molecule has 3 heterocycles. The van der Waals surface area contributed by atoms with Crippen molar-refractivity contribution in [2.24, 2.45) is 7.05 Å². The standard InChI is InChI=1S/C24H26IN5O2/c1-28-21(19(25)22(31)27-28)20(17-8-4-2-5-9-17)29-14-12-24(13-15-29)23(32)26-16-30(24)18-10-6-3-7-11-18/h2-11,20H,12-16H2,1H3,(H,26,32)(H,27,31). The molecule has 0 radical (unpaired) electrons. The number of rotatable bonds is 4. The molecule has 1 aromatic heterocycles. The summed E-state index contributed by atoms with van der Waals surface area (Å²) >= 11 is 2.15. The first-order chi connectivity index (χ1) is 15.5. The van der Waals surface area contributed by atoms with Crippen LogP contribution in [-0.4, -0.2) is 45.9 Å². The molecule has 1 unspecified atom stereocenters. The number of likely N-dealkylation sites (tertiary alicyclic amines) is 1. The number of carbonyl (C=O) groups is 1. The fraction of sp³-hybridized carbons (Fsp3) is 0.333. The highest BCUT2D eigenvalue weighted by Gasteiger charge is 2.51. The third-order valence-electron chi connectivity index (χ3n) is 6.82. The van der Waals surface area contributed by atoms with Gasteiger partial charge in [-0.25, -0.2) is 0 Å². The van der Waals surface area contributed by atoms with Gasteiger partial charge in [-0.3, -0.25) is 24.3 Å². The van der Waals surface area contributed by atoms with E-state index in [2.05, 4.69) is 67.1 Å². The molecule has 32 heavy (non-hydrogen) atoms. The number of para-hydroxylation sites is 1. The summed E-state index contributed by atoms with van der Waals surface area (Å²) in [6.45, 7) is 2.05. The zero-order valence-electron chi connectivity index (χ0n) is 17.9.